The summed E-state index contributed by atoms with van der Waals surface area (Å²) in [5, 5.41) is 0.576. The minimum atomic E-state index is -0.315. The number of hydrogen-bond donors (Lipinski definition) is 0. The first-order valence-corrected chi connectivity index (χ1v) is 5.01. The molecule has 0 fully saturated rings. The Morgan fingerprint density at radius 2 is 2.07 bits per heavy atom. The molecule has 0 aliphatic carbocycles. The number of hydrogen-bond acceptors (Lipinski definition) is 2. The molecular weight excluding hydrogens is 200 g/mol. The van der Waals surface area contributed by atoms with Crippen LogP contribution in [0.15, 0.2) is 18.2 Å². The molecule has 1 aromatic rings. The molecule has 14 heavy (non-hydrogen) atoms. The van der Waals surface area contributed by atoms with Crippen LogP contribution >= 0.6 is 11.6 Å². The Morgan fingerprint density at radius 3 is 2.64 bits per heavy atom. The number of halogens is 1. The second-order valence-corrected chi connectivity index (χ2v) is 3.36. The van der Waals surface area contributed by atoms with E-state index in [1.165, 1.54) is 0 Å². The van der Waals surface area contributed by atoms with Gasteiger partial charge in [0.1, 0.15) is 0 Å². The molecule has 0 atom stereocenters. The van der Waals surface area contributed by atoms with Crippen LogP contribution in [0.1, 0.15) is 29.8 Å². The van der Waals surface area contributed by atoms with Crippen molar-refractivity contribution < 1.29 is 9.53 Å². The zero-order valence-corrected chi connectivity index (χ0v) is 9.10. The standard InChI is InChI=1S/C11H13ClO2/c1-3-8-5-9(7-10(12)6-8)11(13)14-4-2/h5-7H,3-4H2,1-2H3. The molecule has 0 bridgehead atoms. The van der Waals surface area contributed by atoms with Crippen LogP contribution in [0.25, 0.3) is 0 Å². The summed E-state index contributed by atoms with van der Waals surface area (Å²) in [6, 6.07) is 5.28. The highest BCUT2D eigenvalue weighted by Gasteiger charge is 2.07. The van der Waals surface area contributed by atoms with Crippen LogP contribution in [0.2, 0.25) is 5.02 Å². The Bertz CT molecular complexity index is 334. The van der Waals surface area contributed by atoms with Gasteiger partial charge in [0.2, 0.25) is 0 Å². The molecule has 0 aromatic heterocycles. The molecule has 0 N–H and O–H groups in total. The zero-order valence-electron chi connectivity index (χ0n) is 8.34. The summed E-state index contributed by atoms with van der Waals surface area (Å²) in [5.74, 6) is -0.315. The number of aryl methyl sites for hydroxylation is 1. The summed E-state index contributed by atoms with van der Waals surface area (Å²) in [6.07, 6.45) is 0.854. The van der Waals surface area contributed by atoms with Gasteiger partial charge in [-0.2, -0.15) is 0 Å². The minimum Gasteiger partial charge on any atom is -0.462 e. The number of rotatable bonds is 3. The van der Waals surface area contributed by atoms with Gasteiger partial charge in [0.25, 0.3) is 0 Å². The van der Waals surface area contributed by atoms with Gasteiger partial charge in [-0.25, -0.2) is 4.79 Å². The van der Waals surface area contributed by atoms with Gasteiger partial charge in [0.05, 0.1) is 12.2 Å². The topological polar surface area (TPSA) is 26.3 Å². The van der Waals surface area contributed by atoms with Crippen LogP contribution < -0.4 is 0 Å². The van der Waals surface area contributed by atoms with Gasteiger partial charge in [0.15, 0.2) is 0 Å². The molecule has 0 amide bonds. The summed E-state index contributed by atoms with van der Waals surface area (Å²) >= 11 is 5.87. The predicted octanol–water partition coefficient (Wildman–Crippen LogP) is 3.08. The third kappa shape index (κ3) is 2.74. The molecule has 2 nitrogen and oxygen atoms in total. The lowest BCUT2D eigenvalue weighted by Gasteiger charge is -2.04. The lowest BCUT2D eigenvalue weighted by molar-refractivity contribution is 0.0526. The molecule has 1 aromatic carbocycles. The Kier molecular flexibility index (Phi) is 3.96. The van der Waals surface area contributed by atoms with Gasteiger partial charge in [-0.15, -0.1) is 0 Å². The fraction of sp³-hybridized carbons (Fsp3) is 0.364. The number of carbonyl (C=O) groups excluding carboxylic acids is 1. The van der Waals surface area contributed by atoms with E-state index in [-0.39, 0.29) is 5.97 Å². The van der Waals surface area contributed by atoms with E-state index in [9.17, 15) is 4.79 Å². The molecule has 0 saturated carbocycles. The highest BCUT2D eigenvalue weighted by atomic mass is 35.5. The van der Waals surface area contributed by atoms with Crippen molar-refractivity contribution in [1.82, 2.24) is 0 Å². The second-order valence-electron chi connectivity index (χ2n) is 2.92. The average Bonchev–Trinajstić information content (AvgIpc) is 2.17. The van der Waals surface area contributed by atoms with Crippen molar-refractivity contribution in [3.63, 3.8) is 0 Å². The molecule has 0 unspecified atom stereocenters. The average molecular weight is 213 g/mol. The number of esters is 1. The van der Waals surface area contributed by atoms with Crippen LogP contribution in [0, 0.1) is 0 Å². The van der Waals surface area contributed by atoms with Gasteiger partial charge in [-0.1, -0.05) is 18.5 Å². The molecule has 0 radical (unpaired) electrons. The fourth-order valence-corrected chi connectivity index (χ4v) is 1.44. The summed E-state index contributed by atoms with van der Waals surface area (Å²) in [4.78, 5) is 11.4. The molecule has 3 heteroatoms. The Hall–Kier alpha value is -1.02. The maximum absolute atomic E-state index is 11.4. The third-order valence-electron chi connectivity index (χ3n) is 1.88. The van der Waals surface area contributed by atoms with Crippen molar-refractivity contribution >= 4 is 17.6 Å². The first kappa shape index (κ1) is 11.1. The van der Waals surface area contributed by atoms with Crippen molar-refractivity contribution in [3.8, 4) is 0 Å². The number of carbonyl (C=O) groups is 1. The molecule has 76 valence electrons. The van der Waals surface area contributed by atoms with Crippen molar-refractivity contribution in [2.75, 3.05) is 6.61 Å². The molecular formula is C11H13ClO2. The lowest BCUT2D eigenvalue weighted by Crippen LogP contribution is -2.05. The van der Waals surface area contributed by atoms with Crippen LogP contribution in [0.4, 0.5) is 0 Å². The van der Waals surface area contributed by atoms with E-state index in [1.807, 2.05) is 19.1 Å². The first-order valence-electron chi connectivity index (χ1n) is 4.64. The maximum Gasteiger partial charge on any atom is 0.338 e. The normalized spacial score (nSPS) is 9.93. The van der Waals surface area contributed by atoms with E-state index in [0.717, 1.165) is 12.0 Å². The van der Waals surface area contributed by atoms with E-state index in [4.69, 9.17) is 16.3 Å². The molecule has 0 spiro atoms. The molecule has 0 aliphatic rings. The van der Waals surface area contributed by atoms with Crippen LogP contribution in [-0.2, 0) is 11.2 Å². The Morgan fingerprint density at radius 1 is 1.36 bits per heavy atom. The molecule has 1 rings (SSSR count). The minimum absolute atomic E-state index is 0.315. The van der Waals surface area contributed by atoms with E-state index < -0.39 is 0 Å². The van der Waals surface area contributed by atoms with Crippen molar-refractivity contribution in [2.24, 2.45) is 0 Å². The Labute approximate surface area is 88.8 Å². The molecule has 0 heterocycles. The van der Waals surface area contributed by atoms with E-state index >= 15 is 0 Å². The van der Waals surface area contributed by atoms with Gasteiger partial charge in [0, 0.05) is 5.02 Å². The van der Waals surface area contributed by atoms with Crippen LogP contribution in [-0.4, -0.2) is 12.6 Å². The van der Waals surface area contributed by atoms with Crippen LogP contribution in [0.5, 0.6) is 0 Å². The largest absolute Gasteiger partial charge is 0.462 e. The monoisotopic (exact) mass is 212 g/mol. The van der Waals surface area contributed by atoms with Gasteiger partial charge in [-0.3, -0.25) is 0 Å². The van der Waals surface area contributed by atoms with Crippen molar-refractivity contribution in [2.45, 2.75) is 20.3 Å². The van der Waals surface area contributed by atoms with Crippen LogP contribution in [0.3, 0.4) is 0 Å². The van der Waals surface area contributed by atoms with E-state index in [1.54, 1.807) is 13.0 Å². The first-order chi connectivity index (χ1) is 6.67. The smallest absolute Gasteiger partial charge is 0.338 e. The van der Waals surface area contributed by atoms with E-state index in [2.05, 4.69) is 0 Å². The summed E-state index contributed by atoms with van der Waals surface area (Å²) < 4.78 is 4.88. The molecule has 0 aliphatic heterocycles. The maximum atomic E-state index is 11.4. The van der Waals surface area contributed by atoms with Gasteiger partial charge in [-0.05, 0) is 37.1 Å². The number of benzene rings is 1. The SMILES string of the molecule is CCOC(=O)c1cc(Cl)cc(CC)c1. The predicted molar refractivity (Wildman–Crippen MR) is 56.8 cm³/mol. The third-order valence-corrected chi connectivity index (χ3v) is 2.10. The van der Waals surface area contributed by atoms with Crippen molar-refractivity contribution in [1.29, 1.82) is 0 Å². The van der Waals surface area contributed by atoms with Gasteiger partial charge >= 0.3 is 5.97 Å². The zero-order chi connectivity index (χ0) is 10.6. The fourth-order valence-electron chi connectivity index (χ4n) is 1.19. The summed E-state index contributed by atoms with van der Waals surface area (Å²) in [5.41, 5.74) is 1.57. The quantitative estimate of drug-likeness (QED) is 0.720. The lowest BCUT2D eigenvalue weighted by atomic mass is 10.1. The highest BCUT2D eigenvalue weighted by molar-refractivity contribution is 6.31. The Balaban J connectivity index is 2.96. The highest BCUT2D eigenvalue weighted by Crippen LogP contribution is 2.16. The van der Waals surface area contributed by atoms with Gasteiger partial charge < -0.3 is 4.74 Å². The van der Waals surface area contributed by atoms with Crippen molar-refractivity contribution in [3.05, 3.63) is 34.3 Å². The second kappa shape index (κ2) is 5.01. The molecule has 0 saturated heterocycles. The summed E-state index contributed by atoms with van der Waals surface area (Å²) in [7, 11) is 0. The summed E-state index contributed by atoms with van der Waals surface area (Å²) in [6.45, 7) is 4.18. The van der Waals surface area contributed by atoms with E-state index in [0.29, 0.717) is 17.2 Å². The number of ether oxygens (including phenoxy) is 1.